The van der Waals surface area contributed by atoms with Crippen LogP contribution in [0, 0.1) is 6.54 Å². The minimum atomic E-state index is 0.822. The SMILES string of the molecule is [CH]1CC(N2CCCCC2)CC[N]1. The first-order valence-electron chi connectivity index (χ1n) is 5.19. The van der Waals surface area contributed by atoms with Gasteiger partial charge in [0.1, 0.15) is 0 Å². The monoisotopic (exact) mass is 166 g/mol. The third-order valence-corrected chi connectivity index (χ3v) is 3.01. The minimum Gasteiger partial charge on any atom is -0.300 e. The molecule has 1 atom stereocenters. The van der Waals surface area contributed by atoms with Gasteiger partial charge in [-0.25, -0.2) is 5.32 Å². The molecule has 0 aliphatic carbocycles. The van der Waals surface area contributed by atoms with Gasteiger partial charge in [-0.2, -0.15) is 0 Å². The van der Waals surface area contributed by atoms with Crippen LogP contribution in [0.1, 0.15) is 32.1 Å². The highest BCUT2D eigenvalue weighted by Crippen LogP contribution is 2.19. The van der Waals surface area contributed by atoms with E-state index in [4.69, 9.17) is 0 Å². The predicted octanol–water partition coefficient (Wildman–Crippen LogP) is 1.40. The molecule has 68 valence electrons. The van der Waals surface area contributed by atoms with Crippen LogP contribution in [0.4, 0.5) is 0 Å². The molecule has 2 fully saturated rings. The summed E-state index contributed by atoms with van der Waals surface area (Å²) in [6.45, 7) is 5.83. The van der Waals surface area contributed by atoms with Crippen LogP contribution in [0.2, 0.25) is 0 Å². The lowest BCUT2D eigenvalue weighted by Gasteiger charge is -2.36. The molecular weight excluding hydrogens is 148 g/mol. The third-order valence-electron chi connectivity index (χ3n) is 3.01. The summed E-state index contributed by atoms with van der Waals surface area (Å²) in [4.78, 5) is 2.66. The Labute approximate surface area is 75.3 Å². The molecule has 12 heavy (non-hydrogen) atoms. The van der Waals surface area contributed by atoms with Crippen molar-refractivity contribution < 1.29 is 0 Å². The number of rotatable bonds is 1. The molecule has 0 spiro atoms. The number of nitrogens with zero attached hydrogens (tertiary/aromatic N) is 2. The molecule has 0 amide bonds. The Morgan fingerprint density at radius 2 is 2.00 bits per heavy atom. The Kier molecular flexibility index (Phi) is 3.01. The van der Waals surface area contributed by atoms with E-state index < -0.39 is 0 Å². The molecule has 2 aliphatic heterocycles. The molecule has 2 nitrogen and oxygen atoms in total. The largest absolute Gasteiger partial charge is 0.300 e. The van der Waals surface area contributed by atoms with E-state index >= 15 is 0 Å². The molecular formula is C10H18N2. The van der Waals surface area contributed by atoms with Crippen molar-refractivity contribution in [3.05, 3.63) is 6.54 Å². The average molecular weight is 166 g/mol. The summed E-state index contributed by atoms with van der Waals surface area (Å²) >= 11 is 0. The zero-order valence-corrected chi connectivity index (χ0v) is 7.71. The molecule has 0 aromatic heterocycles. The maximum absolute atomic E-state index is 4.27. The van der Waals surface area contributed by atoms with E-state index in [-0.39, 0.29) is 0 Å². The fourth-order valence-electron chi connectivity index (χ4n) is 2.24. The van der Waals surface area contributed by atoms with Crippen molar-refractivity contribution in [2.45, 2.75) is 38.1 Å². The molecule has 2 aliphatic rings. The first-order valence-corrected chi connectivity index (χ1v) is 5.19. The van der Waals surface area contributed by atoms with Crippen molar-refractivity contribution in [3.8, 4) is 0 Å². The number of piperidine rings is 2. The first kappa shape index (κ1) is 8.52. The topological polar surface area (TPSA) is 17.3 Å². The minimum absolute atomic E-state index is 0.822. The third kappa shape index (κ3) is 1.99. The molecule has 1 unspecified atom stereocenters. The normalized spacial score (nSPS) is 29.0. The zero-order chi connectivity index (χ0) is 8.23. The summed E-state index contributed by atoms with van der Waals surface area (Å²) in [5.74, 6) is 0. The van der Waals surface area contributed by atoms with E-state index in [1.54, 1.807) is 0 Å². The van der Waals surface area contributed by atoms with Crippen LogP contribution in [0.25, 0.3) is 0 Å². The van der Waals surface area contributed by atoms with Gasteiger partial charge in [0.05, 0.1) is 0 Å². The Balaban J connectivity index is 1.80. The molecule has 0 aromatic carbocycles. The van der Waals surface area contributed by atoms with Gasteiger partial charge in [0.15, 0.2) is 0 Å². The van der Waals surface area contributed by atoms with Gasteiger partial charge in [-0.3, -0.25) is 0 Å². The molecule has 2 heteroatoms. The van der Waals surface area contributed by atoms with Gasteiger partial charge < -0.3 is 4.90 Å². The molecule has 0 aromatic rings. The molecule has 2 heterocycles. The summed E-state index contributed by atoms with van der Waals surface area (Å²) in [5, 5.41) is 4.27. The highest BCUT2D eigenvalue weighted by atomic mass is 15.2. The average Bonchev–Trinajstić information content (AvgIpc) is 2.21. The maximum Gasteiger partial charge on any atom is 0.0431 e. The maximum atomic E-state index is 4.27. The molecule has 2 rings (SSSR count). The molecule has 2 saturated heterocycles. The van der Waals surface area contributed by atoms with Crippen molar-refractivity contribution >= 4 is 0 Å². The fraction of sp³-hybridized carbons (Fsp3) is 0.900. The van der Waals surface area contributed by atoms with Gasteiger partial charge in [-0.05, 0) is 38.8 Å². The van der Waals surface area contributed by atoms with Gasteiger partial charge in [0, 0.05) is 19.1 Å². The van der Waals surface area contributed by atoms with Crippen molar-refractivity contribution in [3.63, 3.8) is 0 Å². The predicted molar refractivity (Wildman–Crippen MR) is 49.7 cm³/mol. The summed E-state index contributed by atoms with van der Waals surface area (Å²) in [6.07, 6.45) is 6.75. The van der Waals surface area contributed by atoms with E-state index in [1.807, 2.05) is 0 Å². The van der Waals surface area contributed by atoms with Gasteiger partial charge in [-0.15, -0.1) is 0 Å². The van der Waals surface area contributed by atoms with Crippen LogP contribution in [0.15, 0.2) is 0 Å². The van der Waals surface area contributed by atoms with Gasteiger partial charge in [-0.1, -0.05) is 6.42 Å². The second-order valence-corrected chi connectivity index (χ2v) is 3.86. The summed E-state index contributed by atoms with van der Waals surface area (Å²) in [7, 11) is 0. The second kappa shape index (κ2) is 4.24. The molecule has 0 bridgehead atoms. The first-order chi connectivity index (χ1) is 5.97. The van der Waals surface area contributed by atoms with E-state index in [2.05, 4.69) is 16.8 Å². The van der Waals surface area contributed by atoms with Gasteiger partial charge in [0.25, 0.3) is 0 Å². The van der Waals surface area contributed by atoms with Crippen LogP contribution in [0.5, 0.6) is 0 Å². The van der Waals surface area contributed by atoms with Crippen LogP contribution in [0.3, 0.4) is 0 Å². The Hall–Kier alpha value is -0.0800. The number of hydrogen-bond acceptors (Lipinski definition) is 1. The van der Waals surface area contributed by atoms with Crippen LogP contribution in [-0.4, -0.2) is 30.6 Å². The summed E-state index contributed by atoms with van der Waals surface area (Å²) < 4.78 is 0. The van der Waals surface area contributed by atoms with E-state index in [1.165, 1.54) is 45.2 Å². The van der Waals surface area contributed by atoms with Gasteiger partial charge >= 0.3 is 0 Å². The van der Waals surface area contributed by atoms with Crippen LogP contribution < -0.4 is 5.32 Å². The highest BCUT2D eigenvalue weighted by molar-refractivity contribution is 4.84. The highest BCUT2D eigenvalue weighted by Gasteiger charge is 2.22. The fourth-order valence-corrected chi connectivity index (χ4v) is 2.24. The smallest absolute Gasteiger partial charge is 0.0431 e. The van der Waals surface area contributed by atoms with Crippen molar-refractivity contribution in [2.75, 3.05) is 19.6 Å². The van der Waals surface area contributed by atoms with Crippen molar-refractivity contribution in [1.82, 2.24) is 10.2 Å². The van der Waals surface area contributed by atoms with Gasteiger partial charge in [0.2, 0.25) is 0 Å². The lowest BCUT2D eigenvalue weighted by Crippen LogP contribution is -2.42. The Morgan fingerprint density at radius 1 is 1.17 bits per heavy atom. The summed E-state index contributed by atoms with van der Waals surface area (Å²) in [5.41, 5.74) is 0. The lowest BCUT2D eigenvalue weighted by molar-refractivity contribution is 0.143. The van der Waals surface area contributed by atoms with E-state index in [9.17, 15) is 0 Å². The van der Waals surface area contributed by atoms with E-state index in [0.717, 1.165) is 12.6 Å². The van der Waals surface area contributed by atoms with Crippen molar-refractivity contribution in [2.24, 2.45) is 0 Å². The van der Waals surface area contributed by atoms with Crippen LogP contribution >= 0.6 is 0 Å². The van der Waals surface area contributed by atoms with Crippen LogP contribution in [-0.2, 0) is 0 Å². The second-order valence-electron chi connectivity index (χ2n) is 3.86. The number of hydrogen-bond donors (Lipinski definition) is 0. The van der Waals surface area contributed by atoms with E-state index in [0.29, 0.717) is 0 Å². The molecule has 0 saturated carbocycles. The Bertz CT molecular complexity index is 108. The summed E-state index contributed by atoms with van der Waals surface area (Å²) in [6, 6.07) is 0.822. The number of likely N-dealkylation sites (tertiary alicyclic amines) is 1. The lowest BCUT2D eigenvalue weighted by atomic mass is 10.0. The zero-order valence-electron chi connectivity index (χ0n) is 7.71. The standard InChI is InChI=1S/C10H18N2/c1-2-8-12(9-3-1)10-4-6-11-7-5-10/h6,10H,1-5,7-9H2. The quantitative estimate of drug-likeness (QED) is 0.575. The van der Waals surface area contributed by atoms with Crippen molar-refractivity contribution in [1.29, 1.82) is 0 Å². The molecule has 2 radical (unpaired) electrons. The Morgan fingerprint density at radius 3 is 2.67 bits per heavy atom. The molecule has 0 N–H and O–H groups in total.